The molecule has 1 unspecified atom stereocenters. The van der Waals surface area contributed by atoms with Gasteiger partial charge in [-0.3, -0.25) is 0 Å². The van der Waals surface area contributed by atoms with Crippen molar-refractivity contribution in [3.8, 4) is 0 Å². The fraction of sp³-hybridized carbons (Fsp3) is 0.828. The summed E-state index contributed by atoms with van der Waals surface area (Å²) in [4.78, 5) is 12.5. The second kappa shape index (κ2) is 6.74. The van der Waals surface area contributed by atoms with Gasteiger partial charge < -0.3 is 15.6 Å². The minimum atomic E-state index is -0.216. The van der Waals surface area contributed by atoms with E-state index in [1.54, 1.807) is 0 Å². The van der Waals surface area contributed by atoms with Gasteiger partial charge in [0.15, 0.2) is 0 Å². The molecule has 4 fully saturated rings. The Hall–Kier alpha value is -1.09. The molecule has 0 spiro atoms. The minimum absolute atomic E-state index is 0.0787. The van der Waals surface area contributed by atoms with E-state index in [1.165, 1.54) is 18.3 Å². The van der Waals surface area contributed by atoms with Crippen molar-refractivity contribution in [3.63, 3.8) is 0 Å². The quantitative estimate of drug-likeness (QED) is 0.377. The van der Waals surface area contributed by atoms with E-state index in [0.717, 1.165) is 51.4 Å². The molecule has 0 aromatic rings. The second-order valence-corrected chi connectivity index (χ2v) is 13.7. The van der Waals surface area contributed by atoms with Gasteiger partial charge in [0.1, 0.15) is 6.29 Å². The maximum absolute atomic E-state index is 12.5. The molecule has 0 aromatic heterocycles. The van der Waals surface area contributed by atoms with E-state index >= 15 is 0 Å². The number of carbonyl (C=O) groups excluding carboxylic acids is 1. The highest BCUT2D eigenvalue weighted by molar-refractivity contribution is 5.62. The molecule has 0 radical (unpaired) electrons. The van der Waals surface area contributed by atoms with E-state index in [2.05, 4.69) is 47.3 Å². The third-order valence-electron chi connectivity index (χ3n) is 12.4. The van der Waals surface area contributed by atoms with Gasteiger partial charge in [-0.15, -0.1) is 0 Å². The van der Waals surface area contributed by atoms with Crippen molar-refractivity contribution < 1.29 is 9.90 Å². The van der Waals surface area contributed by atoms with E-state index < -0.39 is 0 Å². The van der Waals surface area contributed by atoms with E-state index in [9.17, 15) is 9.90 Å². The van der Waals surface area contributed by atoms with Crippen LogP contribution in [0.3, 0.4) is 0 Å². The summed E-state index contributed by atoms with van der Waals surface area (Å²) in [5.41, 5.74) is 8.59. The first-order valence-corrected chi connectivity index (χ1v) is 13.2. The van der Waals surface area contributed by atoms with E-state index in [0.29, 0.717) is 35.3 Å². The van der Waals surface area contributed by atoms with Crippen LogP contribution in [0.5, 0.6) is 0 Å². The van der Waals surface area contributed by atoms with Crippen LogP contribution in [-0.2, 0) is 4.79 Å². The van der Waals surface area contributed by atoms with Gasteiger partial charge >= 0.3 is 0 Å². The highest BCUT2D eigenvalue weighted by atomic mass is 16.3. The van der Waals surface area contributed by atoms with Crippen LogP contribution in [0.1, 0.15) is 92.4 Å². The molecule has 0 aromatic carbocycles. The molecule has 4 saturated carbocycles. The Labute approximate surface area is 195 Å². The Bertz CT molecular complexity index is 874. The van der Waals surface area contributed by atoms with E-state index in [-0.39, 0.29) is 27.2 Å². The zero-order chi connectivity index (χ0) is 23.3. The monoisotopic (exact) mass is 439 g/mol. The van der Waals surface area contributed by atoms with Crippen molar-refractivity contribution in [1.82, 2.24) is 0 Å². The van der Waals surface area contributed by atoms with Crippen molar-refractivity contribution in [2.24, 2.45) is 57.0 Å². The van der Waals surface area contributed by atoms with Gasteiger partial charge in [0.05, 0.1) is 5.76 Å². The van der Waals surface area contributed by atoms with Gasteiger partial charge in [0, 0.05) is 16.4 Å². The number of nitrogens with two attached hydrogens (primary N) is 1. The number of fused-ring (bicyclic) bond motifs is 7. The molecule has 0 aliphatic heterocycles. The molecule has 32 heavy (non-hydrogen) atoms. The Morgan fingerprint density at radius 2 is 1.78 bits per heavy atom. The molecule has 5 rings (SSSR count). The topological polar surface area (TPSA) is 63.3 Å². The zero-order valence-corrected chi connectivity index (χ0v) is 21.0. The average molecular weight is 440 g/mol. The highest BCUT2D eigenvalue weighted by Gasteiger charge is 2.71. The van der Waals surface area contributed by atoms with Crippen LogP contribution in [0.2, 0.25) is 0 Å². The molecule has 3 nitrogen and oxygen atoms in total. The summed E-state index contributed by atoms with van der Waals surface area (Å²) in [6.45, 7) is 16.0. The smallest absolute Gasteiger partial charge is 0.126 e. The summed E-state index contributed by atoms with van der Waals surface area (Å²) in [7, 11) is 0. The number of hydrogen-bond acceptors (Lipinski definition) is 3. The Morgan fingerprint density at radius 3 is 2.44 bits per heavy atom. The third kappa shape index (κ3) is 2.50. The normalized spacial score (nSPS) is 53.8. The molecule has 0 amide bonds. The summed E-state index contributed by atoms with van der Waals surface area (Å²) in [5, 5.41) is 10.7. The minimum Gasteiger partial charge on any atom is -0.512 e. The zero-order valence-electron chi connectivity index (χ0n) is 21.0. The lowest BCUT2D eigenvalue weighted by Gasteiger charge is -2.71. The summed E-state index contributed by atoms with van der Waals surface area (Å²) in [5.74, 6) is 2.86. The number of hydrogen-bond donors (Lipinski definition) is 2. The van der Waals surface area contributed by atoms with E-state index in [1.807, 2.05) is 0 Å². The SMILES string of the molecule is C=C(C)[C@@H]1CCC2(C=O)CC[C@]3(N)[C@H](CC[C@@H]4[C@@]5(C)CC=C(O)C(C)(C)[C@@H]5CC[C@]43C)[C@@H]12. The van der Waals surface area contributed by atoms with Crippen LogP contribution in [0.15, 0.2) is 24.0 Å². The van der Waals surface area contributed by atoms with Gasteiger partial charge in [-0.25, -0.2) is 0 Å². The first kappa shape index (κ1) is 22.7. The Kier molecular flexibility index (Phi) is 4.78. The molecule has 178 valence electrons. The number of aliphatic hydroxyl groups excluding tert-OH is 1. The van der Waals surface area contributed by atoms with Gasteiger partial charge in [0.2, 0.25) is 0 Å². The predicted octanol–water partition coefficient (Wildman–Crippen LogP) is 6.59. The maximum Gasteiger partial charge on any atom is 0.126 e. The average Bonchev–Trinajstić information content (AvgIpc) is 3.12. The fourth-order valence-electron chi connectivity index (χ4n) is 10.7. The van der Waals surface area contributed by atoms with Crippen LogP contribution in [0, 0.1) is 51.2 Å². The maximum atomic E-state index is 12.5. The summed E-state index contributed by atoms with van der Waals surface area (Å²) >= 11 is 0. The molecule has 9 atom stereocenters. The van der Waals surface area contributed by atoms with Crippen LogP contribution >= 0.6 is 0 Å². The van der Waals surface area contributed by atoms with Crippen LogP contribution < -0.4 is 5.73 Å². The summed E-state index contributed by atoms with van der Waals surface area (Å²) in [6, 6.07) is 0. The van der Waals surface area contributed by atoms with Crippen molar-refractivity contribution in [3.05, 3.63) is 24.0 Å². The van der Waals surface area contributed by atoms with Gasteiger partial charge in [-0.05, 0) is 111 Å². The Balaban J connectivity index is 1.57. The predicted molar refractivity (Wildman–Crippen MR) is 130 cm³/mol. The number of aliphatic hydroxyl groups is 1. The molecule has 5 aliphatic carbocycles. The lowest BCUT2D eigenvalue weighted by molar-refractivity contribution is -0.196. The first-order valence-electron chi connectivity index (χ1n) is 13.2. The standard InChI is InChI=1S/C29H45NO2/c1-18(2)19-9-14-28(17-31)15-16-29(30)20(24(19)28)7-8-22-26(5)12-11-23(32)25(3,4)21(26)10-13-27(22,29)6/h11,17,19-22,24,32H,1,7-10,12-16,30H2,2-6H3/t19-,20+,21-,22+,24+,26-,27+,28?,29-/m0/s1. The molecular formula is C29H45NO2. The van der Waals surface area contributed by atoms with Gasteiger partial charge in [-0.1, -0.05) is 39.8 Å². The van der Waals surface area contributed by atoms with Crippen LogP contribution in [-0.4, -0.2) is 16.9 Å². The lowest BCUT2D eigenvalue weighted by Crippen LogP contribution is -2.73. The number of allylic oxidation sites excluding steroid dienone is 3. The lowest BCUT2D eigenvalue weighted by atomic mass is 9.34. The van der Waals surface area contributed by atoms with Gasteiger partial charge in [-0.2, -0.15) is 0 Å². The van der Waals surface area contributed by atoms with Gasteiger partial charge in [0.25, 0.3) is 0 Å². The van der Waals surface area contributed by atoms with Crippen LogP contribution in [0.25, 0.3) is 0 Å². The Morgan fingerprint density at radius 1 is 1.06 bits per heavy atom. The highest BCUT2D eigenvalue weighted by Crippen LogP contribution is 2.73. The molecule has 3 heteroatoms. The fourth-order valence-corrected chi connectivity index (χ4v) is 10.7. The molecule has 0 saturated heterocycles. The molecule has 5 aliphatic rings. The second-order valence-electron chi connectivity index (χ2n) is 13.7. The first-order chi connectivity index (χ1) is 14.9. The summed E-state index contributed by atoms with van der Waals surface area (Å²) in [6.07, 6.45) is 13.1. The largest absolute Gasteiger partial charge is 0.512 e. The van der Waals surface area contributed by atoms with E-state index in [4.69, 9.17) is 5.73 Å². The number of aldehydes is 1. The van der Waals surface area contributed by atoms with Crippen molar-refractivity contribution in [1.29, 1.82) is 0 Å². The van der Waals surface area contributed by atoms with Crippen molar-refractivity contribution in [2.45, 2.75) is 97.9 Å². The van der Waals surface area contributed by atoms with Crippen LogP contribution in [0.4, 0.5) is 0 Å². The molecule has 3 N–H and O–H groups in total. The summed E-state index contributed by atoms with van der Waals surface area (Å²) < 4.78 is 0. The molecular weight excluding hydrogens is 394 g/mol. The third-order valence-corrected chi connectivity index (χ3v) is 12.4. The molecule has 0 bridgehead atoms. The van der Waals surface area contributed by atoms with Crippen molar-refractivity contribution >= 4 is 6.29 Å². The van der Waals surface area contributed by atoms with Crippen molar-refractivity contribution in [2.75, 3.05) is 0 Å². The number of rotatable bonds is 2. The molecule has 0 heterocycles. The number of carbonyl (C=O) groups is 1.